The van der Waals surface area contributed by atoms with E-state index in [0.717, 1.165) is 24.8 Å². The number of thiazole rings is 1. The van der Waals surface area contributed by atoms with Gasteiger partial charge < -0.3 is 11.1 Å². The molecule has 0 atom stereocenters. The lowest BCUT2D eigenvalue weighted by molar-refractivity contribution is -0.122. The van der Waals surface area contributed by atoms with Gasteiger partial charge in [0.05, 0.1) is 0 Å². The molecule has 1 heterocycles. The third-order valence-electron chi connectivity index (χ3n) is 3.48. The second kappa shape index (κ2) is 5.20. The first kappa shape index (κ1) is 13.1. The smallest absolute Gasteiger partial charge is 0.229 e. The minimum absolute atomic E-state index is 0.00987. The molecule has 0 bridgehead atoms. The first-order valence-electron chi connectivity index (χ1n) is 6.46. The van der Waals surface area contributed by atoms with Crippen molar-refractivity contribution < 1.29 is 9.18 Å². The molecule has 1 aromatic heterocycles. The van der Waals surface area contributed by atoms with Crippen LogP contribution in [0.3, 0.4) is 0 Å². The molecule has 0 radical (unpaired) electrons. The number of aromatic nitrogens is 1. The van der Waals surface area contributed by atoms with Gasteiger partial charge in [0, 0.05) is 11.5 Å². The topological polar surface area (TPSA) is 68.0 Å². The van der Waals surface area contributed by atoms with E-state index in [-0.39, 0.29) is 17.6 Å². The number of benzene rings is 1. The summed E-state index contributed by atoms with van der Waals surface area (Å²) in [4.78, 5) is 16.2. The van der Waals surface area contributed by atoms with Gasteiger partial charge in [-0.15, -0.1) is 0 Å². The maximum absolute atomic E-state index is 12.9. The summed E-state index contributed by atoms with van der Waals surface area (Å²) >= 11 is 1.23. The summed E-state index contributed by atoms with van der Waals surface area (Å²) in [5.41, 5.74) is 7.24. The van der Waals surface area contributed by atoms with Gasteiger partial charge in [0.25, 0.3) is 0 Å². The molecule has 1 aromatic carbocycles. The van der Waals surface area contributed by atoms with Crippen LogP contribution in [-0.4, -0.2) is 10.9 Å². The summed E-state index contributed by atoms with van der Waals surface area (Å²) < 4.78 is 12.9. The fourth-order valence-electron chi connectivity index (χ4n) is 2.08. The Morgan fingerprint density at radius 3 is 2.65 bits per heavy atom. The summed E-state index contributed by atoms with van der Waals surface area (Å²) in [5.74, 6) is -0.189. The van der Waals surface area contributed by atoms with E-state index in [9.17, 15) is 9.18 Å². The number of hydrogen-bond acceptors (Lipinski definition) is 4. The molecule has 1 fully saturated rings. The zero-order chi connectivity index (χ0) is 14.1. The lowest BCUT2D eigenvalue weighted by Crippen LogP contribution is -2.27. The van der Waals surface area contributed by atoms with Crippen LogP contribution >= 0.6 is 11.3 Å². The van der Waals surface area contributed by atoms with Crippen LogP contribution in [0.1, 0.15) is 19.3 Å². The normalized spacial score (nSPS) is 14.8. The van der Waals surface area contributed by atoms with E-state index >= 15 is 0 Å². The average molecular weight is 291 g/mol. The highest BCUT2D eigenvalue weighted by molar-refractivity contribution is 7.20. The third-order valence-corrected chi connectivity index (χ3v) is 4.28. The van der Waals surface area contributed by atoms with Gasteiger partial charge in [0.15, 0.2) is 5.13 Å². The maximum Gasteiger partial charge on any atom is 0.229 e. The first-order chi connectivity index (χ1) is 9.63. The summed E-state index contributed by atoms with van der Waals surface area (Å²) in [7, 11) is 0. The molecule has 3 rings (SSSR count). The van der Waals surface area contributed by atoms with Crippen molar-refractivity contribution in [3.63, 3.8) is 0 Å². The molecule has 0 saturated heterocycles. The van der Waals surface area contributed by atoms with Gasteiger partial charge in [-0.1, -0.05) is 17.8 Å². The lowest BCUT2D eigenvalue weighted by Gasteiger charge is -2.23. The van der Waals surface area contributed by atoms with Crippen LogP contribution in [0.2, 0.25) is 0 Å². The van der Waals surface area contributed by atoms with E-state index in [1.807, 2.05) is 0 Å². The predicted molar refractivity (Wildman–Crippen MR) is 77.9 cm³/mol. The van der Waals surface area contributed by atoms with Crippen LogP contribution in [0.5, 0.6) is 0 Å². The molecule has 0 unspecified atom stereocenters. The number of rotatable bonds is 3. The highest BCUT2D eigenvalue weighted by atomic mass is 32.1. The molecular weight excluding hydrogens is 277 g/mol. The van der Waals surface area contributed by atoms with Crippen molar-refractivity contribution >= 4 is 27.4 Å². The summed E-state index contributed by atoms with van der Waals surface area (Å²) in [6.07, 6.45) is 2.99. The maximum atomic E-state index is 12.9. The number of amides is 1. The molecule has 3 N–H and O–H groups in total. The lowest BCUT2D eigenvalue weighted by atomic mass is 9.85. The van der Waals surface area contributed by atoms with Gasteiger partial charge in [0.2, 0.25) is 5.91 Å². The number of nitrogens with zero attached hydrogens (tertiary/aromatic N) is 1. The van der Waals surface area contributed by atoms with Crippen LogP contribution in [0, 0.1) is 11.7 Å². The highest BCUT2D eigenvalue weighted by Gasteiger charge is 2.26. The molecule has 1 amide bonds. The highest BCUT2D eigenvalue weighted by Crippen LogP contribution is 2.34. The van der Waals surface area contributed by atoms with Gasteiger partial charge in [-0.25, -0.2) is 9.37 Å². The molecule has 1 aliphatic rings. The molecule has 1 aliphatic carbocycles. The first-order valence-corrected chi connectivity index (χ1v) is 7.28. The van der Waals surface area contributed by atoms with Crippen molar-refractivity contribution in [3.8, 4) is 11.3 Å². The van der Waals surface area contributed by atoms with Gasteiger partial charge in [0.1, 0.15) is 16.5 Å². The number of anilines is 2. The van der Waals surface area contributed by atoms with Gasteiger partial charge in [-0.05, 0) is 37.1 Å². The van der Waals surface area contributed by atoms with Crippen LogP contribution < -0.4 is 11.1 Å². The molecule has 0 spiro atoms. The SMILES string of the molecule is Nc1sc(NC(=O)C2CCC2)nc1-c1ccc(F)cc1. The van der Waals surface area contributed by atoms with E-state index in [2.05, 4.69) is 10.3 Å². The number of nitrogen functional groups attached to an aromatic ring is 1. The van der Waals surface area contributed by atoms with Gasteiger partial charge >= 0.3 is 0 Å². The average Bonchev–Trinajstić information content (AvgIpc) is 2.69. The second-order valence-electron chi connectivity index (χ2n) is 4.86. The fraction of sp³-hybridized carbons (Fsp3) is 0.286. The van der Waals surface area contributed by atoms with Crippen molar-refractivity contribution in [1.29, 1.82) is 0 Å². The standard InChI is InChI=1S/C14H14FN3OS/c15-10-6-4-8(5-7-10)11-12(16)20-14(17-11)18-13(19)9-2-1-3-9/h4-7,9H,1-3,16H2,(H,17,18,19). The Morgan fingerprint density at radius 1 is 1.35 bits per heavy atom. The molecule has 6 heteroatoms. The molecule has 1 saturated carbocycles. The number of halogens is 1. The van der Waals surface area contributed by atoms with E-state index in [1.54, 1.807) is 12.1 Å². The molecule has 2 aromatic rings. The van der Waals surface area contributed by atoms with Gasteiger partial charge in [-0.2, -0.15) is 0 Å². The Balaban J connectivity index is 1.79. The van der Waals surface area contributed by atoms with Crippen LogP contribution in [0.4, 0.5) is 14.5 Å². The van der Waals surface area contributed by atoms with Crippen molar-refractivity contribution in [3.05, 3.63) is 30.1 Å². The van der Waals surface area contributed by atoms with Crippen molar-refractivity contribution in [2.24, 2.45) is 5.92 Å². The minimum atomic E-state index is -0.305. The van der Waals surface area contributed by atoms with Gasteiger partial charge in [-0.3, -0.25) is 4.79 Å². The number of nitrogens with one attached hydrogen (secondary N) is 1. The van der Waals surface area contributed by atoms with E-state index in [0.29, 0.717) is 15.8 Å². The zero-order valence-electron chi connectivity index (χ0n) is 10.7. The summed E-state index contributed by atoms with van der Waals surface area (Å²) in [6, 6.07) is 5.97. The molecule has 104 valence electrons. The van der Waals surface area contributed by atoms with Crippen LogP contribution in [0.15, 0.2) is 24.3 Å². The van der Waals surface area contributed by atoms with E-state index < -0.39 is 0 Å². The molecular formula is C14H14FN3OS. The quantitative estimate of drug-likeness (QED) is 0.912. The van der Waals surface area contributed by atoms with Crippen molar-refractivity contribution in [2.75, 3.05) is 11.1 Å². The minimum Gasteiger partial charge on any atom is -0.389 e. The number of carbonyl (C=O) groups is 1. The molecule has 20 heavy (non-hydrogen) atoms. The Hall–Kier alpha value is -1.95. The Labute approximate surface area is 119 Å². The largest absolute Gasteiger partial charge is 0.389 e. The van der Waals surface area contributed by atoms with Crippen LogP contribution in [-0.2, 0) is 4.79 Å². The third kappa shape index (κ3) is 2.51. The van der Waals surface area contributed by atoms with Crippen molar-refractivity contribution in [1.82, 2.24) is 4.98 Å². The Bertz CT molecular complexity index is 634. The second-order valence-corrected chi connectivity index (χ2v) is 5.89. The van der Waals surface area contributed by atoms with E-state index in [1.165, 1.54) is 23.5 Å². The fourth-order valence-corrected chi connectivity index (χ4v) is 2.83. The summed E-state index contributed by atoms with van der Waals surface area (Å²) in [6.45, 7) is 0. The molecule has 0 aliphatic heterocycles. The van der Waals surface area contributed by atoms with Crippen LogP contribution in [0.25, 0.3) is 11.3 Å². The number of hydrogen-bond donors (Lipinski definition) is 2. The van der Waals surface area contributed by atoms with E-state index in [4.69, 9.17) is 5.73 Å². The Kier molecular flexibility index (Phi) is 3.40. The molecule has 4 nitrogen and oxygen atoms in total. The number of nitrogens with two attached hydrogens (primary N) is 1. The Morgan fingerprint density at radius 2 is 2.05 bits per heavy atom. The monoisotopic (exact) mass is 291 g/mol. The van der Waals surface area contributed by atoms with Crippen molar-refractivity contribution in [2.45, 2.75) is 19.3 Å². The summed E-state index contributed by atoms with van der Waals surface area (Å²) in [5, 5.41) is 3.81. The predicted octanol–water partition coefficient (Wildman–Crippen LogP) is 3.27. The number of carbonyl (C=O) groups excluding carboxylic acids is 1. The zero-order valence-corrected chi connectivity index (χ0v) is 11.5.